The van der Waals surface area contributed by atoms with Crippen molar-refractivity contribution in [3.05, 3.63) is 0 Å². The quantitative estimate of drug-likeness (QED) is 0.639. The lowest BCUT2D eigenvalue weighted by Gasteiger charge is -2.16. The predicted octanol–water partition coefficient (Wildman–Crippen LogP) is 1.59. The van der Waals surface area contributed by atoms with Crippen LogP contribution in [0.5, 0.6) is 0 Å². The number of carbonyl (C=O) groups excluding carboxylic acids is 2. The summed E-state index contributed by atoms with van der Waals surface area (Å²) in [6.07, 6.45) is 2.91. The third-order valence-electron chi connectivity index (χ3n) is 2.79. The predicted molar refractivity (Wildman–Crippen MR) is 58.9 cm³/mol. The van der Waals surface area contributed by atoms with Gasteiger partial charge in [-0.1, -0.05) is 0 Å². The van der Waals surface area contributed by atoms with Crippen LogP contribution in [0.25, 0.3) is 0 Å². The van der Waals surface area contributed by atoms with Gasteiger partial charge in [0.05, 0.1) is 18.6 Å². The third-order valence-corrected chi connectivity index (χ3v) is 2.79. The Kier molecular flexibility index (Phi) is 5.46. The number of carbonyl (C=O) groups is 2. The number of hydrogen-bond acceptors (Lipinski definition) is 4. The molecule has 0 aromatic carbocycles. The van der Waals surface area contributed by atoms with Gasteiger partial charge in [-0.2, -0.15) is 0 Å². The Morgan fingerprint density at radius 2 is 1.81 bits per heavy atom. The summed E-state index contributed by atoms with van der Waals surface area (Å²) >= 11 is 0. The highest BCUT2D eigenvalue weighted by molar-refractivity contribution is 5.78. The van der Waals surface area contributed by atoms with Crippen molar-refractivity contribution < 1.29 is 19.4 Å². The lowest BCUT2D eigenvalue weighted by atomic mass is 10.0. The summed E-state index contributed by atoms with van der Waals surface area (Å²) in [5, 5.41) is 9.52. The molecule has 1 saturated heterocycles. The number of hydrogen-bond donors (Lipinski definition) is 1. The Morgan fingerprint density at radius 1 is 1.19 bits per heavy atom. The number of ether oxygens (including phenoxy) is 1. The van der Waals surface area contributed by atoms with Gasteiger partial charge in [-0.15, -0.1) is 0 Å². The molecule has 0 amide bonds. The van der Waals surface area contributed by atoms with E-state index in [-0.39, 0.29) is 24.3 Å². The second-order valence-corrected chi connectivity index (χ2v) is 4.48. The lowest BCUT2D eigenvalue weighted by molar-refractivity contribution is -0.150. The minimum atomic E-state index is -0.674. The van der Waals surface area contributed by atoms with E-state index in [0.717, 1.165) is 6.42 Å². The zero-order chi connectivity index (χ0) is 12.0. The molecule has 0 spiro atoms. The first-order valence-corrected chi connectivity index (χ1v) is 5.97. The van der Waals surface area contributed by atoms with E-state index >= 15 is 0 Å². The first-order valence-electron chi connectivity index (χ1n) is 5.97. The van der Waals surface area contributed by atoms with E-state index in [4.69, 9.17) is 4.74 Å². The maximum Gasteiger partial charge on any atom is 0.308 e. The van der Waals surface area contributed by atoms with Gasteiger partial charge in [0.15, 0.2) is 0 Å². The number of aliphatic hydroxyl groups excluding tert-OH is 1. The molecular weight excluding hydrogens is 208 g/mol. The van der Waals surface area contributed by atoms with E-state index in [1.165, 1.54) is 0 Å². The summed E-state index contributed by atoms with van der Waals surface area (Å²) in [5.41, 5.74) is 0. The second-order valence-electron chi connectivity index (χ2n) is 4.48. The van der Waals surface area contributed by atoms with Crippen molar-refractivity contribution in [1.29, 1.82) is 0 Å². The van der Waals surface area contributed by atoms with E-state index in [1.54, 1.807) is 0 Å². The van der Waals surface area contributed by atoms with Crippen LogP contribution in [0.1, 0.15) is 51.9 Å². The van der Waals surface area contributed by atoms with Crippen molar-refractivity contribution in [2.75, 3.05) is 0 Å². The summed E-state index contributed by atoms with van der Waals surface area (Å²) < 4.78 is 5.12. The molecule has 0 bridgehead atoms. The fraction of sp³-hybridized carbons (Fsp3) is 0.833. The van der Waals surface area contributed by atoms with Crippen molar-refractivity contribution in [2.24, 2.45) is 0 Å². The molecule has 1 heterocycles. The molecule has 1 aliphatic heterocycles. The first kappa shape index (κ1) is 13.2. The monoisotopic (exact) mass is 228 g/mol. The molecule has 0 aliphatic carbocycles. The van der Waals surface area contributed by atoms with Crippen LogP contribution in [0.3, 0.4) is 0 Å². The average molecular weight is 228 g/mol. The number of aliphatic hydroxyl groups is 1. The van der Waals surface area contributed by atoms with Gasteiger partial charge in [-0.05, 0) is 32.6 Å². The normalized spacial score (nSPS) is 30.1. The minimum absolute atomic E-state index is 0.0402. The fourth-order valence-corrected chi connectivity index (χ4v) is 1.87. The molecule has 4 heteroatoms. The van der Waals surface area contributed by atoms with Gasteiger partial charge in [-0.25, -0.2) is 0 Å². The Morgan fingerprint density at radius 3 is 2.50 bits per heavy atom. The Labute approximate surface area is 96.0 Å². The van der Waals surface area contributed by atoms with Gasteiger partial charge in [0.25, 0.3) is 0 Å². The topological polar surface area (TPSA) is 63.6 Å². The zero-order valence-electron chi connectivity index (χ0n) is 9.78. The van der Waals surface area contributed by atoms with Gasteiger partial charge >= 0.3 is 5.97 Å². The summed E-state index contributed by atoms with van der Waals surface area (Å²) in [4.78, 5) is 22.7. The lowest BCUT2D eigenvalue weighted by Crippen LogP contribution is -2.21. The van der Waals surface area contributed by atoms with Crippen LogP contribution in [0.15, 0.2) is 0 Å². The molecule has 1 N–H and O–H groups in total. The highest BCUT2D eigenvalue weighted by Crippen LogP contribution is 2.13. The third kappa shape index (κ3) is 5.26. The maximum atomic E-state index is 11.4. The zero-order valence-corrected chi connectivity index (χ0v) is 9.78. The fourth-order valence-electron chi connectivity index (χ4n) is 1.87. The Bertz CT molecular complexity index is 227. The molecule has 2 unspecified atom stereocenters. The molecule has 2 atom stereocenters. The summed E-state index contributed by atoms with van der Waals surface area (Å²) in [5.74, 6) is -0.0989. The van der Waals surface area contributed by atoms with Crippen LogP contribution >= 0.6 is 0 Å². The molecule has 0 saturated carbocycles. The number of rotatable bonds is 0. The minimum Gasteiger partial charge on any atom is -0.463 e. The molecule has 1 rings (SSSR count). The highest BCUT2D eigenvalue weighted by Gasteiger charge is 2.16. The molecule has 4 nitrogen and oxygen atoms in total. The standard InChI is InChI=1S/C12H20O4/c1-9-4-2-5-10(13)6-3-7-11(14)8-12(15)16-9/h9,11,14H,2-8H2,1H3. The molecule has 1 fully saturated rings. The number of Topliss-reactive ketones (excluding diaryl/α,β-unsaturated/α-hetero) is 1. The van der Waals surface area contributed by atoms with E-state index in [0.29, 0.717) is 32.1 Å². The van der Waals surface area contributed by atoms with E-state index in [1.807, 2.05) is 6.92 Å². The number of cyclic esters (lactones) is 1. The van der Waals surface area contributed by atoms with E-state index < -0.39 is 6.10 Å². The summed E-state index contributed by atoms with van der Waals surface area (Å²) in [7, 11) is 0. The van der Waals surface area contributed by atoms with Crippen molar-refractivity contribution >= 4 is 11.8 Å². The van der Waals surface area contributed by atoms with Crippen LogP contribution in [0, 0.1) is 0 Å². The number of esters is 1. The molecule has 0 aromatic heterocycles. The second kappa shape index (κ2) is 6.63. The maximum absolute atomic E-state index is 11.4. The van der Waals surface area contributed by atoms with E-state index in [2.05, 4.69) is 0 Å². The van der Waals surface area contributed by atoms with Crippen LogP contribution in [-0.2, 0) is 14.3 Å². The summed E-state index contributed by atoms with van der Waals surface area (Å²) in [6.45, 7) is 1.82. The van der Waals surface area contributed by atoms with Gasteiger partial charge in [0.2, 0.25) is 0 Å². The van der Waals surface area contributed by atoms with Gasteiger partial charge in [-0.3, -0.25) is 9.59 Å². The Hall–Kier alpha value is -0.900. The van der Waals surface area contributed by atoms with Crippen LogP contribution < -0.4 is 0 Å². The summed E-state index contributed by atoms with van der Waals surface area (Å²) in [6, 6.07) is 0. The largest absolute Gasteiger partial charge is 0.463 e. The van der Waals surface area contributed by atoms with Crippen molar-refractivity contribution in [1.82, 2.24) is 0 Å². The molecule has 0 aromatic rings. The number of ketones is 1. The van der Waals surface area contributed by atoms with Crippen LogP contribution in [-0.4, -0.2) is 29.1 Å². The van der Waals surface area contributed by atoms with Crippen LogP contribution in [0.2, 0.25) is 0 Å². The smallest absolute Gasteiger partial charge is 0.308 e. The average Bonchev–Trinajstić information content (AvgIpc) is 2.15. The molecule has 92 valence electrons. The molecule has 16 heavy (non-hydrogen) atoms. The van der Waals surface area contributed by atoms with Crippen LogP contribution in [0.4, 0.5) is 0 Å². The highest BCUT2D eigenvalue weighted by atomic mass is 16.5. The molecular formula is C12H20O4. The van der Waals surface area contributed by atoms with Crippen molar-refractivity contribution in [3.8, 4) is 0 Å². The molecule has 0 radical (unpaired) electrons. The van der Waals surface area contributed by atoms with Crippen molar-refractivity contribution in [2.45, 2.75) is 64.1 Å². The SMILES string of the molecule is CC1CCCC(=O)CCCC(O)CC(=O)O1. The van der Waals surface area contributed by atoms with E-state index in [9.17, 15) is 14.7 Å². The van der Waals surface area contributed by atoms with Crippen molar-refractivity contribution in [3.63, 3.8) is 0 Å². The Balaban J connectivity index is 2.47. The van der Waals surface area contributed by atoms with Gasteiger partial charge in [0.1, 0.15) is 5.78 Å². The molecule has 1 aliphatic rings. The first-order chi connectivity index (χ1) is 7.58. The van der Waals surface area contributed by atoms with Gasteiger partial charge < -0.3 is 9.84 Å². The van der Waals surface area contributed by atoms with Gasteiger partial charge in [0, 0.05) is 12.8 Å².